The molecule has 3 aromatic rings. The van der Waals surface area contributed by atoms with Gasteiger partial charge in [0.25, 0.3) is 11.8 Å². The minimum absolute atomic E-state index is 0.125. The summed E-state index contributed by atoms with van der Waals surface area (Å²) in [4.78, 5) is 24.0. The highest BCUT2D eigenvalue weighted by Crippen LogP contribution is 2.14. The van der Waals surface area contributed by atoms with Crippen molar-refractivity contribution < 1.29 is 18.7 Å². The first kappa shape index (κ1) is 19.4. The predicted molar refractivity (Wildman–Crippen MR) is 103 cm³/mol. The number of hydrogen-bond donors (Lipinski definition) is 2. The second-order valence-corrected chi connectivity index (χ2v) is 6.91. The maximum Gasteiger partial charge on any atom is 0.286 e. The minimum atomic E-state index is -0.454. The lowest BCUT2D eigenvalue weighted by atomic mass is 10.2. The van der Waals surface area contributed by atoms with Crippen LogP contribution in [0.3, 0.4) is 0 Å². The summed E-state index contributed by atoms with van der Waals surface area (Å²) in [5, 5.41) is 13.6. The molecule has 2 aromatic carbocycles. The van der Waals surface area contributed by atoms with E-state index in [2.05, 4.69) is 20.8 Å². The number of amides is 2. The van der Waals surface area contributed by atoms with Gasteiger partial charge in [-0.05, 0) is 48.9 Å². The molecule has 7 nitrogen and oxygen atoms in total. The van der Waals surface area contributed by atoms with Crippen molar-refractivity contribution in [2.45, 2.75) is 13.5 Å². The molecule has 0 spiro atoms. The van der Waals surface area contributed by atoms with Crippen LogP contribution < -0.4 is 15.4 Å². The highest BCUT2D eigenvalue weighted by atomic mass is 32.1. The van der Waals surface area contributed by atoms with E-state index in [1.165, 1.54) is 24.3 Å². The molecule has 0 aliphatic heterocycles. The van der Waals surface area contributed by atoms with Crippen molar-refractivity contribution in [1.29, 1.82) is 0 Å². The Kier molecular flexibility index (Phi) is 6.28. The highest BCUT2D eigenvalue weighted by molar-refractivity contribution is 7.13. The number of nitrogens with one attached hydrogen (secondary N) is 2. The zero-order chi connectivity index (χ0) is 19.9. The number of aromatic nitrogens is 2. The van der Waals surface area contributed by atoms with Gasteiger partial charge in [-0.3, -0.25) is 9.59 Å². The molecule has 1 aromatic heterocycles. The number of anilines is 1. The van der Waals surface area contributed by atoms with Gasteiger partial charge in [0, 0.05) is 5.69 Å². The molecule has 0 atom stereocenters. The largest absolute Gasteiger partial charge is 0.484 e. The van der Waals surface area contributed by atoms with Gasteiger partial charge in [-0.2, -0.15) is 0 Å². The topological polar surface area (TPSA) is 93.2 Å². The third kappa shape index (κ3) is 5.58. The fourth-order valence-corrected chi connectivity index (χ4v) is 2.89. The molecule has 2 N–H and O–H groups in total. The Morgan fingerprint density at radius 3 is 2.68 bits per heavy atom. The second-order valence-electron chi connectivity index (χ2n) is 5.84. The van der Waals surface area contributed by atoms with Gasteiger partial charge in [0.1, 0.15) is 16.6 Å². The number of ether oxygens (including phenoxy) is 1. The van der Waals surface area contributed by atoms with Crippen LogP contribution in [-0.4, -0.2) is 28.6 Å². The van der Waals surface area contributed by atoms with Gasteiger partial charge in [0.15, 0.2) is 6.61 Å². The van der Waals surface area contributed by atoms with E-state index in [9.17, 15) is 14.0 Å². The summed E-state index contributed by atoms with van der Waals surface area (Å²) in [6.07, 6.45) is 0. The highest BCUT2D eigenvalue weighted by Gasteiger charge is 2.14. The van der Waals surface area contributed by atoms with Crippen molar-refractivity contribution in [3.63, 3.8) is 0 Å². The van der Waals surface area contributed by atoms with Crippen molar-refractivity contribution in [3.05, 3.63) is 69.9 Å². The van der Waals surface area contributed by atoms with Gasteiger partial charge >= 0.3 is 0 Å². The molecule has 0 unspecified atom stereocenters. The van der Waals surface area contributed by atoms with Crippen LogP contribution >= 0.6 is 11.3 Å². The molecule has 144 valence electrons. The van der Waals surface area contributed by atoms with Crippen molar-refractivity contribution in [1.82, 2.24) is 15.5 Å². The summed E-state index contributed by atoms with van der Waals surface area (Å²) < 4.78 is 18.3. The number of benzene rings is 2. The number of hydrogen-bond acceptors (Lipinski definition) is 6. The molecule has 0 saturated carbocycles. The maximum atomic E-state index is 12.9. The number of halogens is 1. The molecule has 0 bridgehead atoms. The van der Waals surface area contributed by atoms with Crippen LogP contribution in [-0.2, 0) is 11.3 Å². The van der Waals surface area contributed by atoms with Gasteiger partial charge in [0.2, 0.25) is 5.01 Å². The molecule has 0 aliphatic rings. The predicted octanol–water partition coefficient (Wildman–Crippen LogP) is 2.93. The summed E-state index contributed by atoms with van der Waals surface area (Å²) in [5.41, 5.74) is 1.49. The summed E-state index contributed by atoms with van der Waals surface area (Å²) in [7, 11) is 0. The molecule has 0 aliphatic carbocycles. The Hall–Kier alpha value is -3.33. The molecule has 3 rings (SSSR count). The Balaban J connectivity index is 1.46. The fourth-order valence-electron chi connectivity index (χ4n) is 2.21. The number of aryl methyl sites for hydroxylation is 1. The monoisotopic (exact) mass is 400 g/mol. The van der Waals surface area contributed by atoms with Crippen molar-refractivity contribution >= 4 is 28.8 Å². The summed E-state index contributed by atoms with van der Waals surface area (Å²) in [6.45, 7) is 1.95. The smallest absolute Gasteiger partial charge is 0.286 e. The lowest BCUT2D eigenvalue weighted by Gasteiger charge is -2.06. The molecule has 0 saturated heterocycles. The quantitative estimate of drug-likeness (QED) is 0.636. The van der Waals surface area contributed by atoms with E-state index in [1.807, 2.05) is 25.1 Å². The number of carbonyl (C=O) groups excluding carboxylic acids is 2. The van der Waals surface area contributed by atoms with Gasteiger partial charge < -0.3 is 15.4 Å². The van der Waals surface area contributed by atoms with Gasteiger partial charge in [-0.1, -0.05) is 23.5 Å². The molecule has 1 heterocycles. The van der Waals surface area contributed by atoms with Gasteiger partial charge in [-0.15, -0.1) is 10.2 Å². The molecule has 9 heteroatoms. The molecule has 0 radical (unpaired) electrons. The van der Waals surface area contributed by atoms with E-state index in [1.54, 1.807) is 6.07 Å². The third-order valence-electron chi connectivity index (χ3n) is 3.56. The zero-order valence-electron chi connectivity index (χ0n) is 14.9. The first-order valence-electron chi connectivity index (χ1n) is 8.35. The minimum Gasteiger partial charge on any atom is -0.484 e. The lowest BCUT2D eigenvalue weighted by molar-refractivity contribution is -0.123. The normalized spacial score (nSPS) is 10.4. The number of carbonyl (C=O) groups is 2. The fraction of sp³-hybridized carbons (Fsp3) is 0.158. The van der Waals surface area contributed by atoms with Crippen LogP contribution in [0.25, 0.3) is 0 Å². The summed E-state index contributed by atoms with van der Waals surface area (Å²) in [5.74, 6) is -0.539. The van der Waals surface area contributed by atoms with E-state index in [0.717, 1.165) is 16.9 Å². The lowest BCUT2D eigenvalue weighted by Crippen LogP contribution is -2.28. The molecule has 28 heavy (non-hydrogen) atoms. The number of rotatable bonds is 7. The van der Waals surface area contributed by atoms with Crippen molar-refractivity contribution in [2.24, 2.45) is 0 Å². The zero-order valence-corrected chi connectivity index (χ0v) is 15.8. The van der Waals surface area contributed by atoms with Gasteiger partial charge in [-0.25, -0.2) is 4.39 Å². The Bertz CT molecular complexity index is 975. The van der Waals surface area contributed by atoms with Crippen LogP contribution in [0, 0.1) is 12.7 Å². The molecule has 2 amide bonds. The van der Waals surface area contributed by atoms with Crippen LogP contribution in [0.2, 0.25) is 0 Å². The Morgan fingerprint density at radius 2 is 1.93 bits per heavy atom. The maximum absolute atomic E-state index is 12.9. The van der Waals surface area contributed by atoms with E-state index in [-0.39, 0.29) is 24.1 Å². The standard InChI is InChI=1S/C19H17FN4O3S/c1-12-3-2-4-15(9-12)27-11-16(25)21-10-17-23-24-19(28-17)18(26)22-14-7-5-13(20)6-8-14/h2-9H,10-11H2,1H3,(H,21,25)(H,22,26). The summed E-state index contributed by atoms with van der Waals surface area (Å²) >= 11 is 1.06. The average Bonchev–Trinajstić information content (AvgIpc) is 3.16. The van der Waals surface area contributed by atoms with Crippen LogP contribution in [0.15, 0.2) is 48.5 Å². The molecular formula is C19H17FN4O3S. The second kappa shape index (κ2) is 9.05. The van der Waals surface area contributed by atoms with Crippen LogP contribution in [0.4, 0.5) is 10.1 Å². The van der Waals surface area contributed by atoms with Crippen molar-refractivity contribution in [3.8, 4) is 5.75 Å². The molecule has 0 fully saturated rings. The first-order valence-corrected chi connectivity index (χ1v) is 9.17. The van der Waals surface area contributed by atoms with E-state index < -0.39 is 11.7 Å². The van der Waals surface area contributed by atoms with Crippen LogP contribution in [0.1, 0.15) is 20.4 Å². The van der Waals surface area contributed by atoms with Crippen LogP contribution in [0.5, 0.6) is 5.75 Å². The Morgan fingerprint density at radius 1 is 1.14 bits per heavy atom. The first-order chi connectivity index (χ1) is 13.5. The average molecular weight is 400 g/mol. The summed E-state index contributed by atoms with van der Waals surface area (Å²) in [6, 6.07) is 12.8. The Labute approximate surface area is 164 Å². The van der Waals surface area contributed by atoms with E-state index in [4.69, 9.17) is 4.74 Å². The number of nitrogens with zero attached hydrogens (tertiary/aromatic N) is 2. The van der Waals surface area contributed by atoms with E-state index in [0.29, 0.717) is 16.4 Å². The van der Waals surface area contributed by atoms with Gasteiger partial charge in [0.05, 0.1) is 6.54 Å². The molecular weight excluding hydrogens is 383 g/mol. The van der Waals surface area contributed by atoms with E-state index >= 15 is 0 Å². The third-order valence-corrected chi connectivity index (χ3v) is 4.48. The SMILES string of the molecule is Cc1cccc(OCC(=O)NCc2nnc(C(=O)Nc3ccc(F)cc3)s2)c1. The van der Waals surface area contributed by atoms with Crippen molar-refractivity contribution in [2.75, 3.05) is 11.9 Å².